The molecule has 96 valence electrons. The fourth-order valence-electron chi connectivity index (χ4n) is 1.07. The van der Waals surface area contributed by atoms with Crippen LogP contribution in [0.3, 0.4) is 0 Å². The second-order valence-electron chi connectivity index (χ2n) is 3.37. The van der Waals surface area contributed by atoms with Crippen molar-refractivity contribution >= 4 is 15.5 Å². The van der Waals surface area contributed by atoms with E-state index in [1.165, 1.54) is 0 Å². The van der Waals surface area contributed by atoms with Gasteiger partial charge in [-0.05, 0) is 18.2 Å². The zero-order chi connectivity index (χ0) is 13.3. The molecule has 0 aliphatic rings. The molecule has 0 bridgehead atoms. The fourth-order valence-corrected chi connectivity index (χ4v) is 2.36. The molecule has 0 spiro atoms. The van der Waals surface area contributed by atoms with E-state index in [1.54, 1.807) is 0 Å². The van der Waals surface area contributed by atoms with Crippen LogP contribution in [0.5, 0.6) is 0 Å². The van der Waals surface area contributed by atoms with Gasteiger partial charge in [-0.3, -0.25) is 0 Å². The molecule has 0 saturated carbocycles. The minimum atomic E-state index is -4.57. The third-order valence-electron chi connectivity index (χ3n) is 1.99. The number of nitrogen functional groups attached to an aromatic ring is 1. The van der Waals surface area contributed by atoms with Gasteiger partial charge in [0.1, 0.15) is 5.82 Å². The van der Waals surface area contributed by atoms with Crippen LogP contribution in [0.2, 0.25) is 0 Å². The predicted molar refractivity (Wildman–Crippen MR) is 53.5 cm³/mol. The first-order chi connectivity index (χ1) is 7.62. The average Bonchev–Trinajstić information content (AvgIpc) is 2.18. The quantitative estimate of drug-likeness (QED) is 0.676. The van der Waals surface area contributed by atoms with Gasteiger partial charge in [-0.15, -0.1) is 0 Å². The van der Waals surface area contributed by atoms with Crippen molar-refractivity contribution in [3.63, 3.8) is 0 Å². The molecule has 3 nitrogen and oxygen atoms in total. The van der Waals surface area contributed by atoms with Crippen LogP contribution in [0.1, 0.15) is 6.42 Å². The third-order valence-corrected chi connectivity index (χ3v) is 3.70. The van der Waals surface area contributed by atoms with Crippen molar-refractivity contribution in [2.75, 3.05) is 11.5 Å². The van der Waals surface area contributed by atoms with Crippen LogP contribution in [-0.4, -0.2) is 20.3 Å². The first-order valence-electron chi connectivity index (χ1n) is 4.46. The summed E-state index contributed by atoms with van der Waals surface area (Å²) in [6.07, 6.45) is -6.04. The number of nitrogens with two attached hydrogens (primary N) is 1. The molecule has 1 aromatic rings. The Kier molecular flexibility index (Phi) is 3.65. The van der Waals surface area contributed by atoms with Crippen LogP contribution < -0.4 is 5.73 Å². The number of hydrogen-bond donors (Lipinski definition) is 1. The number of halogens is 4. The summed E-state index contributed by atoms with van der Waals surface area (Å²) in [5.41, 5.74) is 4.86. The van der Waals surface area contributed by atoms with Crippen LogP contribution in [0.25, 0.3) is 0 Å². The van der Waals surface area contributed by atoms with Crippen LogP contribution in [0.15, 0.2) is 23.1 Å². The van der Waals surface area contributed by atoms with E-state index in [0.29, 0.717) is 6.07 Å². The smallest absolute Gasteiger partial charge is 0.390 e. The second-order valence-corrected chi connectivity index (χ2v) is 5.48. The molecular weight excluding hydrogens is 262 g/mol. The molecule has 0 aromatic heterocycles. The summed E-state index contributed by atoms with van der Waals surface area (Å²) >= 11 is 0. The van der Waals surface area contributed by atoms with E-state index in [4.69, 9.17) is 5.73 Å². The highest BCUT2D eigenvalue weighted by atomic mass is 32.2. The minimum absolute atomic E-state index is 0.264. The van der Waals surface area contributed by atoms with Crippen LogP contribution in [-0.2, 0) is 9.84 Å². The molecule has 1 rings (SSSR count). The zero-order valence-electron chi connectivity index (χ0n) is 8.46. The van der Waals surface area contributed by atoms with Crippen LogP contribution in [0, 0.1) is 5.82 Å². The van der Waals surface area contributed by atoms with Crippen molar-refractivity contribution in [3.05, 3.63) is 24.0 Å². The molecule has 1 aromatic carbocycles. The highest BCUT2D eigenvalue weighted by Crippen LogP contribution is 2.23. The highest BCUT2D eigenvalue weighted by Gasteiger charge is 2.30. The number of benzene rings is 1. The monoisotopic (exact) mass is 271 g/mol. The molecule has 17 heavy (non-hydrogen) atoms. The second kappa shape index (κ2) is 4.52. The molecule has 0 aliphatic heterocycles. The van der Waals surface area contributed by atoms with Gasteiger partial charge in [0, 0.05) is 0 Å². The molecule has 0 amide bonds. The van der Waals surface area contributed by atoms with Gasteiger partial charge in [0.2, 0.25) is 0 Å². The fraction of sp³-hybridized carbons (Fsp3) is 0.333. The maximum absolute atomic E-state index is 13.0. The van der Waals surface area contributed by atoms with Crippen molar-refractivity contribution in [2.24, 2.45) is 0 Å². The van der Waals surface area contributed by atoms with Gasteiger partial charge in [-0.2, -0.15) is 13.2 Å². The maximum Gasteiger partial charge on any atom is 0.390 e. The summed E-state index contributed by atoms with van der Waals surface area (Å²) in [4.78, 5) is -0.506. The van der Waals surface area contributed by atoms with Gasteiger partial charge < -0.3 is 5.73 Å². The molecule has 8 heteroatoms. The molecule has 0 atom stereocenters. The summed E-state index contributed by atoms with van der Waals surface area (Å²) in [5.74, 6) is -2.09. The molecular formula is C9H9F4NO2S. The zero-order valence-corrected chi connectivity index (χ0v) is 9.28. The normalized spacial score (nSPS) is 12.7. The van der Waals surface area contributed by atoms with Crippen molar-refractivity contribution in [1.82, 2.24) is 0 Å². The lowest BCUT2D eigenvalue weighted by molar-refractivity contribution is -0.129. The Balaban J connectivity index is 2.94. The largest absolute Gasteiger partial charge is 0.396 e. The molecule has 0 aliphatic carbocycles. The Hall–Kier alpha value is -1.31. The average molecular weight is 271 g/mol. The van der Waals surface area contributed by atoms with E-state index in [2.05, 4.69) is 0 Å². The Morgan fingerprint density at radius 1 is 1.24 bits per heavy atom. The number of rotatable bonds is 3. The SMILES string of the molecule is Nc1ccc(S(=O)(=O)CCC(F)(F)F)cc1F. The summed E-state index contributed by atoms with van der Waals surface area (Å²) in [7, 11) is -4.15. The van der Waals surface area contributed by atoms with E-state index in [9.17, 15) is 26.0 Å². The Morgan fingerprint density at radius 3 is 2.29 bits per heavy atom. The van der Waals surface area contributed by atoms with Gasteiger partial charge in [0.25, 0.3) is 0 Å². The lowest BCUT2D eigenvalue weighted by Gasteiger charge is -2.08. The molecule has 2 N–H and O–H groups in total. The first-order valence-corrected chi connectivity index (χ1v) is 6.11. The van der Waals surface area contributed by atoms with Gasteiger partial charge in [0.05, 0.1) is 22.8 Å². The summed E-state index contributed by atoms with van der Waals surface area (Å²) in [5, 5.41) is 0. The predicted octanol–water partition coefficient (Wildman–Crippen LogP) is 2.13. The van der Waals surface area contributed by atoms with Crippen molar-refractivity contribution in [1.29, 1.82) is 0 Å². The Labute approximate surface area is 95.2 Å². The number of hydrogen-bond acceptors (Lipinski definition) is 3. The van der Waals surface area contributed by atoms with Gasteiger partial charge in [-0.25, -0.2) is 12.8 Å². The standard InChI is InChI=1S/C9H9F4NO2S/c10-7-5-6(1-2-8(7)14)17(15,16)4-3-9(11,12)13/h1-2,5H,3-4,14H2. The van der Waals surface area contributed by atoms with E-state index in [0.717, 1.165) is 12.1 Å². The number of alkyl halides is 3. The van der Waals surface area contributed by atoms with Crippen LogP contribution in [0.4, 0.5) is 23.2 Å². The molecule has 0 fully saturated rings. The van der Waals surface area contributed by atoms with Crippen LogP contribution >= 0.6 is 0 Å². The Bertz CT molecular complexity index is 510. The number of anilines is 1. The van der Waals surface area contributed by atoms with Crippen molar-refractivity contribution in [3.8, 4) is 0 Å². The maximum atomic E-state index is 13.0. The Morgan fingerprint density at radius 2 is 1.82 bits per heavy atom. The van der Waals surface area contributed by atoms with Crippen molar-refractivity contribution in [2.45, 2.75) is 17.5 Å². The first kappa shape index (κ1) is 13.8. The lowest BCUT2D eigenvalue weighted by Crippen LogP contribution is -2.16. The summed E-state index contributed by atoms with van der Waals surface area (Å²) in [6, 6.07) is 2.58. The lowest BCUT2D eigenvalue weighted by atomic mass is 10.3. The summed E-state index contributed by atoms with van der Waals surface area (Å²) in [6.45, 7) is 0. The van der Waals surface area contributed by atoms with Gasteiger partial charge in [-0.1, -0.05) is 0 Å². The third kappa shape index (κ3) is 3.88. The van der Waals surface area contributed by atoms with E-state index < -0.39 is 38.9 Å². The molecule has 0 saturated heterocycles. The molecule has 0 heterocycles. The summed E-state index contributed by atoms with van der Waals surface area (Å²) < 4.78 is 71.5. The van der Waals surface area contributed by atoms with E-state index in [1.807, 2.05) is 0 Å². The van der Waals surface area contributed by atoms with E-state index >= 15 is 0 Å². The highest BCUT2D eigenvalue weighted by molar-refractivity contribution is 7.91. The molecule has 0 radical (unpaired) electrons. The van der Waals surface area contributed by atoms with Crippen molar-refractivity contribution < 1.29 is 26.0 Å². The van der Waals surface area contributed by atoms with Gasteiger partial charge >= 0.3 is 6.18 Å². The minimum Gasteiger partial charge on any atom is -0.396 e. The van der Waals surface area contributed by atoms with Gasteiger partial charge in [0.15, 0.2) is 9.84 Å². The topological polar surface area (TPSA) is 60.2 Å². The molecule has 0 unspecified atom stereocenters. The number of sulfone groups is 1. The van der Waals surface area contributed by atoms with E-state index in [-0.39, 0.29) is 5.69 Å².